The molecule has 0 spiro atoms. The fraction of sp³-hybridized carbons (Fsp3) is 0.364. The summed E-state index contributed by atoms with van der Waals surface area (Å²) in [6, 6.07) is 0. The van der Waals surface area contributed by atoms with E-state index < -0.39 is 53.4 Å². The second kappa shape index (κ2) is 8.13. The lowest BCUT2D eigenvalue weighted by molar-refractivity contribution is -0.0742. The Bertz CT molecular complexity index is 1220. The molecule has 0 aromatic carbocycles. The van der Waals surface area contributed by atoms with E-state index >= 15 is 0 Å². The number of nitrogens with two attached hydrogens (primary N) is 1. The first-order chi connectivity index (χ1) is 14.5. The van der Waals surface area contributed by atoms with Gasteiger partial charge in [0.25, 0.3) is 0 Å². The van der Waals surface area contributed by atoms with Gasteiger partial charge in [0.15, 0.2) is 28.6 Å². The predicted octanol–water partition coefficient (Wildman–Crippen LogP) is -0.199. The van der Waals surface area contributed by atoms with E-state index in [4.69, 9.17) is 25.2 Å². The summed E-state index contributed by atoms with van der Waals surface area (Å²) < 4.78 is 51.9. The smallest absolute Gasteiger partial charge is 0.490 e. The number of nitrogen functional groups attached to an aromatic ring is 1. The Labute approximate surface area is 177 Å². The number of fused-ring (bicyclic) bond motifs is 1. The number of phosphoric ester groups is 1. The van der Waals surface area contributed by atoms with Crippen LogP contribution in [0.5, 0.6) is 0 Å². The third kappa shape index (κ3) is 5.17. The molecule has 0 aliphatic carbocycles. The number of aromatic nitrogens is 4. The van der Waals surface area contributed by atoms with Crippen molar-refractivity contribution < 1.29 is 61.4 Å². The van der Waals surface area contributed by atoms with Gasteiger partial charge in [-0.25, -0.2) is 28.6 Å². The van der Waals surface area contributed by atoms with Crippen molar-refractivity contribution in [3.8, 4) is 0 Å². The highest BCUT2D eigenvalue weighted by atomic mass is 31.3. The van der Waals surface area contributed by atoms with Crippen LogP contribution in [0.15, 0.2) is 24.2 Å². The first-order valence-electron chi connectivity index (χ1n) is 8.05. The van der Waals surface area contributed by atoms with Crippen LogP contribution in [-0.2, 0) is 31.6 Å². The van der Waals surface area contributed by atoms with Gasteiger partial charge in [-0.15, -0.1) is 0 Å². The fourth-order valence-corrected chi connectivity index (χ4v) is 5.59. The van der Waals surface area contributed by atoms with Crippen LogP contribution in [0.25, 0.3) is 11.2 Å². The van der Waals surface area contributed by atoms with Gasteiger partial charge < -0.3 is 40.3 Å². The third-order valence-corrected chi connectivity index (χ3v) is 7.68. The zero-order chi connectivity index (χ0) is 24.1. The second-order valence-electron chi connectivity index (χ2n) is 6.34. The van der Waals surface area contributed by atoms with Crippen molar-refractivity contribution in [3.63, 3.8) is 0 Å². The van der Waals surface area contributed by atoms with Crippen molar-refractivity contribution in [2.75, 3.05) is 12.3 Å². The molecule has 178 valence electrons. The molecule has 0 fully saturated rings. The average Bonchev–Trinajstić information content (AvgIpc) is 3.11. The molecule has 3 unspecified atom stereocenters. The standard InChI is InChI=1S/C11H16N5O13P3/c1-11(18)7(17)5(2-26-31(22,23)29-32(24,25)28-30(19,20)21)27-10(11)16-4-15-6-8(12)13-3-14-9(6)16/h3-4,10,17-18H,2H2,1H3,(H,22,23)(H,24,25)(H2,12,13,14)(H2,19,20,21)/t10?,11-/m0/s1. The van der Waals surface area contributed by atoms with Gasteiger partial charge in [-0.3, -0.25) is 9.09 Å². The van der Waals surface area contributed by atoms with Gasteiger partial charge in [0.1, 0.15) is 24.8 Å². The minimum absolute atomic E-state index is 0.0245. The zero-order valence-electron chi connectivity index (χ0n) is 15.7. The SMILES string of the molecule is C[C@]1(O)C(O)=C(COP(=O)(O)OP(=O)(O)OP(=O)(O)O)OC1n1cnc2c(N)ncnc21. The summed E-state index contributed by atoms with van der Waals surface area (Å²) in [4.78, 5) is 47.4. The van der Waals surface area contributed by atoms with Crippen LogP contribution in [0.2, 0.25) is 0 Å². The summed E-state index contributed by atoms with van der Waals surface area (Å²) in [5.41, 5.74) is 3.83. The number of ether oxygens (including phenoxy) is 1. The van der Waals surface area contributed by atoms with Crippen molar-refractivity contribution in [3.05, 3.63) is 24.2 Å². The molecule has 3 heterocycles. The first kappa shape index (κ1) is 24.7. The molecule has 2 aromatic rings. The van der Waals surface area contributed by atoms with E-state index in [-0.39, 0.29) is 17.0 Å². The second-order valence-corrected chi connectivity index (χ2v) is 10.8. The van der Waals surface area contributed by atoms with E-state index in [1.165, 1.54) is 10.9 Å². The number of phosphoric acid groups is 3. The minimum atomic E-state index is -5.73. The van der Waals surface area contributed by atoms with E-state index in [2.05, 4.69) is 28.1 Å². The van der Waals surface area contributed by atoms with Crippen LogP contribution in [0.3, 0.4) is 0 Å². The fourth-order valence-electron chi connectivity index (χ4n) is 2.62. The van der Waals surface area contributed by atoms with Crippen molar-refractivity contribution in [2.24, 2.45) is 0 Å². The highest BCUT2D eigenvalue weighted by Gasteiger charge is 2.49. The number of nitrogens with zero attached hydrogens (tertiary/aromatic N) is 4. The molecule has 0 saturated carbocycles. The minimum Gasteiger partial charge on any atom is -0.506 e. The molecule has 21 heteroatoms. The molecule has 1 aliphatic heterocycles. The van der Waals surface area contributed by atoms with Gasteiger partial charge in [-0.05, 0) is 6.92 Å². The zero-order valence-corrected chi connectivity index (χ0v) is 18.4. The number of hydrogen-bond donors (Lipinski definition) is 7. The molecule has 0 bridgehead atoms. The van der Waals surface area contributed by atoms with Crippen molar-refractivity contribution in [2.45, 2.75) is 18.8 Å². The molecule has 4 atom stereocenters. The molecule has 32 heavy (non-hydrogen) atoms. The molecule has 8 N–H and O–H groups in total. The van der Waals surface area contributed by atoms with Gasteiger partial charge in [0.05, 0.1) is 0 Å². The topological polar surface area (TPSA) is 279 Å². The molecule has 2 aromatic heterocycles. The summed E-state index contributed by atoms with van der Waals surface area (Å²) in [6.45, 7) is 0.0349. The van der Waals surface area contributed by atoms with Crippen molar-refractivity contribution in [1.82, 2.24) is 19.5 Å². The number of rotatable bonds is 8. The van der Waals surface area contributed by atoms with Crippen LogP contribution < -0.4 is 5.73 Å². The Hall–Kier alpha value is -1.94. The number of imidazole rings is 1. The number of aliphatic hydroxyl groups excluding tert-OH is 1. The number of anilines is 1. The lowest BCUT2D eigenvalue weighted by Crippen LogP contribution is -2.35. The van der Waals surface area contributed by atoms with E-state index in [1.54, 1.807) is 0 Å². The van der Waals surface area contributed by atoms with Crippen molar-refractivity contribution in [1.29, 1.82) is 0 Å². The first-order valence-corrected chi connectivity index (χ1v) is 12.6. The van der Waals surface area contributed by atoms with Crippen LogP contribution in [-0.4, -0.2) is 61.5 Å². The Morgan fingerprint density at radius 1 is 1.16 bits per heavy atom. The summed E-state index contributed by atoms with van der Waals surface area (Å²) >= 11 is 0. The summed E-state index contributed by atoms with van der Waals surface area (Å²) in [7, 11) is -16.8. The van der Waals surface area contributed by atoms with Gasteiger partial charge in [-0.1, -0.05) is 0 Å². The van der Waals surface area contributed by atoms with Gasteiger partial charge in [-0.2, -0.15) is 8.62 Å². The van der Waals surface area contributed by atoms with Gasteiger partial charge in [0.2, 0.25) is 6.23 Å². The average molecular weight is 519 g/mol. The van der Waals surface area contributed by atoms with E-state index in [9.17, 15) is 28.8 Å². The molecule has 3 rings (SSSR count). The Balaban J connectivity index is 1.77. The number of hydrogen-bond acceptors (Lipinski definition) is 13. The highest BCUT2D eigenvalue weighted by Crippen LogP contribution is 2.66. The van der Waals surface area contributed by atoms with E-state index in [0.29, 0.717) is 0 Å². The van der Waals surface area contributed by atoms with Gasteiger partial charge in [0, 0.05) is 0 Å². The summed E-state index contributed by atoms with van der Waals surface area (Å²) in [6.07, 6.45) is 0.873. The van der Waals surface area contributed by atoms with Crippen LogP contribution >= 0.6 is 23.5 Å². The largest absolute Gasteiger partial charge is 0.506 e. The predicted molar refractivity (Wildman–Crippen MR) is 100.0 cm³/mol. The molecule has 0 amide bonds. The number of aliphatic hydroxyl groups is 2. The molecular weight excluding hydrogens is 503 g/mol. The van der Waals surface area contributed by atoms with E-state index in [1.807, 2.05) is 0 Å². The normalized spacial score (nSPS) is 25.5. The van der Waals surface area contributed by atoms with Crippen LogP contribution in [0.1, 0.15) is 13.2 Å². The maximum atomic E-state index is 11.8. The molecule has 0 radical (unpaired) electrons. The van der Waals surface area contributed by atoms with Crippen LogP contribution in [0.4, 0.5) is 5.82 Å². The van der Waals surface area contributed by atoms with E-state index in [0.717, 1.165) is 13.3 Å². The Morgan fingerprint density at radius 3 is 2.44 bits per heavy atom. The summed E-state index contributed by atoms with van der Waals surface area (Å²) in [5.74, 6) is -1.41. The van der Waals surface area contributed by atoms with Crippen LogP contribution in [0, 0.1) is 0 Å². The molecular formula is C11H16N5O13P3. The Morgan fingerprint density at radius 2 is 1.81 bits per heavy atom. The maximum Gasteiger partial charge on any atom is 0.490 e. The lowest BCUT2D eigenvalue weighted by Gasteiger charge is -2.25. The van der Waals surface area contributed by atoms with Gasteiger partial charge >= 0.3 is 23.5 Å². The Kier molecular flexibility index (Phi) is 6.27. The van der Waals surface area contributed by atoms with Crippen molar-refractivity contribution >= 4 is 40.4 Å². The maximum absolute atomic E-state index is 11.8. The molecule has 18 nitrogen and oxygen atoms in total. The lowest BCUT2D eigenvalue weighted by atomic mass is 10.0. The third-order valence-electron chi connectivity index (χ3n) is 3.89. The quantitative estimate of drug-likeness (QED) is 0.222. The highest BCUT2D eigenvalue weighted by molar-refractivity contribution is 7.66. The molecule has 0 saturated heterocycles. The molecule has 1 aliphatic rings. The summed E-state index contributed by atoms with van der Waals surface area (Å²) in [5, 5.41) is 21.0. The monoisotopic (exact) mass is 519 g/mol.